The molecule has 0 atom stereocenters. The largest absolute Gasteiger partial charge is 0.557 e. The molecule has 0 aliphatic heterocycles. The SMILES string of the molecule is F[B-](F)(F)C#CCOCc1ccccc1. The second-order valence-electron chi connectivity index (χ2n) is 2.87. The van der Waals surface area contributed by atoms with Gasteiger partial charge >= 0.3 is 6.98 Å². The van der Waals surface area contributed by atoms with Crippen molar-refractivity contribution in [2.45, 2.75) is 6.61 Å². The van der Waals surface area contributed by atoms with Crippen molar-refractivity contribution >= 4 is 6.98 Å². The highest BCUT2D eigenvalue weighted by Crippen LogP contribution is 2.04. The lowest BCUT2D eigenvalue weighted by Crippen LogP contribution is -2.11. The first-order valence-electron chi connectivity index (χ1n) is 4.39. The number of hydrogen-bond acceptors (Lipinski definition) is 1. The van der Waals surface area contributed by atoms with Crippen LogP contribution in [-0.4, -0.2) is 13.6 Å². The Morgan fingerprint density at radius 2 is 1.80 bits per heavy atom. The minimum atomic E-state index is -5.02. The summed E-state index contributed by atoms with van der Waals surface area (Å²) in [6, 6.07) is 9.20. The summed E-state index contributed by atoms with van der Waals surface area (Å²) in [5.41, 5.74) is 0.914. The fourth-order valence-electron chi connectivity index (χ4n) is 0.952. The maximum atomic E-state index is 11.6. The lowest BCUT2D eigenvalue weighted by molar-refractivity contribution is 0.153. The van der Waals surface area contributed by atoms with Crippen LogP contribution in [0.4, 0.5) is 12.9 Å². The molecule has 5 heteroatoms. The summed E-state index contributed by atoms with van der Waals surface area (Å²) in [6.45, 7) is -4.94. The predicted molar refractivity (Wildman–Crippen MR) is 53.0 cm³/mol. The maximum absolute atomic E-state index is 11.6. The van der Waals surface area contributed by atoms with E-state index >= 15 is 0 Å². The average molecular weight is 213 g/mol. The zero-order valence-electron chi connectivity index (χ0n) is 7.92. The van der Waals surface area contributed by atoms with Crippen molar-refractivity contribution in [1.29, 1.82) is 0 Å². The second-order valence-corrected chi connectivity index (χ2v) is 2.87. The third-order valence-corrected chi connectivity index (χ3v) is 1.55. The highest BCUT2D eigenvalue weighted by molar-refractivity contribution is 6.67. The molecule has 1 rings (SSSR count). The minimum Gasteiger partial charge on any atom is -0.438 e. The maximum Gasteiger partial charge on any atom is 0.557 e. The van der Waals surface area contributed by atoms with Crippen LogP contribution in [-0.2, 0) is 11.3 Å². The smallest absolute Gasteiger partial charge is 0.438 e. The normalized spacial score (nSPS) is 10.6. The summed E-state index contributed by atoms with van der Waals surface area (Å²) in [5, 5.41) is 0. The van der Waals surface area contributed by atoms with E-state index in [9.17, 15) is 12.9 Å². The number of halogens is 3. The van der Waals surface area contributed by atoms with Crippen LogP contribution >= 0.6 is 0 Å². The molecule has 0 aliphatic rings. The van der Waals surface area contributed by atoms with Crippen molar-refractivity contribution in [1.82, 2.24) is 0 Å². The van der Waals surface area contributed by atoms with Crippen molar-refractivity contribution in [3.63, 3.8) is 0 Å². The van der Waals surface area contributed by atoms with Crippen molar-refractivity contribution in [2.75, 3.05) is 6.61 Å². The molecule has 1 aromatic carbocycles. The zero-order valence-corrected chi connectivity index (χ0v) is 7.92. The summed E-state index contributed by atoms with van der Waals surface area (Å²) >= 11 is 0. The Bertz CT molecular complexity index is 350. The van der Waals surface area contributed by atoms with Gasteiger partial charge < -0.3 is 17.7 Å². The van der Waals surface area contributed by atoms with Crippen LogP contribution in [0.15, 0.2) is 30.3 Å². The Morgan fingerprint density at radius 3 is 2.40 bits per heavy atom. The van der Waals surface area contributed by atoms with Gasteiger partial charge in [0.25, 0.3) is 0 Å². The molecular weight excluding hydrogens is 204 g/mol. The first-order valence-corrected chi connectivity index (χ1v) is 4.39. The molecule has 0 spiro atoms. The quantitative estimate of drug-likeness (QED) is 0.426. The zero-order chi connectivity index (χ0) is 11.1. The molecule has 15 heavy (non-hydrogen) atoms. The molecule has 0 aromatic heterocycles. The highest BCUT2D eigenvalue weighted by atomic mass is 19.4. The lowest BCUT2D eigenvalue weighted by atomic mass is 9.94. The van der Waals surface area contributed by atoms with Gasteiger partial charge in [-0.3, -0.25) is 0 Å². The van der Waals surface area contributed by atoms with Gasteiger partial charge in [0.05, 0.1) is 6.61 Å². The van der Waals surface area contributed by atoms with E-state index in [-0.39, 0.29) is 13.2 Å². The molecule has 0 radical (unpaired) electrons. The van der Waals surface area contributed by atoms with Gasteiger partial charge in [-0.1, -0.05) is 30.3 Å². The molecule has 1 nitrogen and oxygen atoms in total. The van der Waals surface area contributed by atoms with E-state index in [1.807, 2.05) is 36.3 Å². The first-order chi connectivity index (χ1) is 7.08. The van der Waals surface area contributed by atoms with Crippen molar-refractivity contribution in [3.05, 3.63) is 35.9 Å². The molecule has 1 aromatic rings. The third kappa shape index (κ3) is 5.81. The van der Waals surface area contributed by atoms with Crippen molar-refractivity contribution in [3.8, 4) is 11.7 Å². The van der Waals surface area contributed by atoms with E-state index < -0.39 is 6.98 Å². The molecule has 0 N–H and O–H groups in total. The topological polar surface area (TPSA) is 9.23 Å². The van der Waals surface area contributed by atoms with Gasteiger partial charge in [0.15, 0.2) is 0 Å². The molecule has 0 aliphatic carbocycles. The van der Waals surface area contributed by atoms with Crippen molar-refractivity contribution < 1.29 is 17.7 Å². The predicted octanol–water partition coefficient (Wildman–Crippen LogP) is 2.59. The van der Waals surface area contributed by atoms with Gasteiger partial charge in [0.1, 0.15) is 6.61 Å². The van der Waals surface area contributed by atoms with E-state index in [1.165, 1.54) is 5.82 Å². The van der Waals surface area contributed by atoms with E-state index in [0.29, 0.717) is 0 Å². The number of ether oxygens (including phenoxy) is 1. The molecule has 0 saturated carbocycles. The number of rotatable bonds is 3. The molecular formula is C10H9BF3O-. The molecule has 0 unspecified atom stereocenters. The molecule has 0 bridgehead atoms. The van der Waals surface area contributed by atoms with Gasteiger partial charge in [0, 0.05) is 0 Å². The molecule has 0 heterocycles. The van der Waals surface area contributed by atoms with Crippen LogP contribution in [0, 0.1) is 11.7 Å². The van der Waals surface area contributed by atoms with E-state index in [2.05, 4.69) is 0 Å². The third-order valence-electron chi connectivity index (χ3n) is 1.55. The van der Waals surface area contributed by atoms with Gasteiger partial charge in [0.2, 0.25) is 0 Å². The van der Waals surface area contributed by atoms with Gasteiger partial charge in [-0.2, -0.15) is 0 Å². The van der Waals surface area contributed by atoms with E-state index in [0.717, 1.165) is 5.56 Å². The fraction of sp³-hybridized carbons (Fsp3) is 0.200. The summed E-state index contributed by atoms with van der Waals surface area (Å²) in [6.07, 6.45) is 0. The summed E-state index contributed by atoms with van der Waals surface area (Å²) < 4.78 is 39.9. The van der Waals surface area contributed by atoms with Crippen LogP contribution in [0.2, 0.25) is 0 Å². The number of hydrogen-bond donors (Lipinski definition) is 0. The average Bonchev–Trinajstić information content (AvgIpc) is 2.17. The Kier molecular flexibility index (Phi) is 4.25. The van der Waals surface area contributed by atoms with E-state index in [4.69, 9.17) is 4.74 Å². The van der Waals surface area contributed by atoms with Crippen LogP contribution in [0.1, 0.15) is 5.56 Å². The summed E-state index contributed by atoms with van der Waals surface area (Å²) in [5.74, 6) is 3.12. The Hall–Kier alpha value is -1.41. The Labute approximate surface area is 86.3 Å². The number of benzene rings is 1. The van der Waals surface area contributed by atoms with Gasteiger partial charge in [-0.15, -0.1) is 5.92 Å². The monoisotopic (exact) mass is 213 g/mol. The molecule has 0 fully saturated rings. The second kappa shape index (κ2) is 5.47. The van der Waals surface area contributed by atoms with E-state index in [1.54, 1.807) is 0 Å². The summed E-state index contributed by atoms with van der Waals surface area (Å²) in [7, 11) is 0. The van der Waals surface area contributed by atoms with Crippen LogP contribution in [0.25, 0.3) is 0 Å². The Morgan fingerprint density at radius 1 is 1.13 bits per heavy atom. The molecule has 0 saturated heterocycles. The van der Waals surface area contributed by atoms with Crippen LogP contribution in [0.5, 0.6) is 0 Å². The van der Waals surface area contributed by atoms with Gasteiger partial charge in [-0.05, 0) is 5.56 Å². The van der Waals surface area contributed by atoms with Crippen LogP contribution in [0.3, 0.4) is 0 Å². The fourth-order valence-corrected chi connectivity index (χ4v) is 0.952. The lowest BCUT2D eigenvalue weighted by Gasteiger charge is -2.03. The summed E-state index contributed by atoms with van der Waals surface area (Å²) in [4.78, 5) is 0. The first kappa shape index (κ1) is 11.7. The van der Waals surface area contributed by atoms with Gasteiger partial charge in [-0.25, -0.2) is 5.82 Å². The standard InChI is InChI=1S/C10H9BF3O/c12-11(13,14)7-4-8-15-9-10-5-2-1-3-6-10/h1-3,5-6H,8-9H2/q-1. The van der Waals surface area contributed by atoms with Crippen LogP contribution < -0.4 is 0 Å². The molecule has 80 valence electrons. The molecule has 0 amide bonds. The van der Waals surface area contributed by atoms with Crippen molar-refractivity contribution in [2.24, 2.45) is 0 Å². The highest BCUT2D eigenvalue weighted by Gasteiger charge is 2.17. The Balaban J connectivity index is 2.25. The minimum absolute atomic E-state index is 0.198.